The van der Waals surface area contributed by atoms with Gasteiger partial charge in [-0.05, 0) is 51.2 Å². The Morgan fingerprint density at radius 2 is 1.63 bits per heavy atom. The molecule has 2 N–H and O–H groups in total. The molecule has 2 rings (SSSR count). The molecule has 7 heteroatoms. The van der Waals surface area contributed by atoms with E-state index in [1.165, 1.54) is 11.1 Å². The number of methoxy groups -OCH3 is 1. The van der Waals surface area contributed by atoms with E-state index in [1.807, 2.05) is 31.2 Å². The first-order chi connectivity index (χ1) is 14.0. The van der Waals surface area contributed by atoms with E-state index in [0.717, 1.165) is 30.5 Å². The number of nitrogens with one attached hydrogen (secondary N) is 2. The number of hydrogen-bond donors (Lipinski definition) is 2. The molecule has 2 aromatic carbocycles. The van der Waals surface area contributed by atoms with Crippen molar-refractivity contribution in [2.75, 3.05) is 34.3 Å². The van der Waals surface area contributed by atoms with Crippen molar-refractivity contribution >= 4 is 29.9 Å². The summed E-state index contributed by atoms with van der Waals surface area (Å²) in [5.41, 5.74) is 2.48. The van der Waals surface area contributed by atoms with Gasteiger partial charge < -0.3 is 25.0 Å². The van der Waals surface area contributed by atoms with Crippen molar-refractivity contribution in [1.29, 1.82) is 0 Å². The predicted molar refractivity (Wildman–Crippen MR) is 135 cm³/mol. The average molecular weight is 526 g/mol. The molecule has 0 saturated carbocycles. The number of rotatable bonds is 10. The molecule has 30 heavy (non-hydrogen) atoms. The SMILES string of the molecule is CCNC(=NCc1ccc(CN(C)C)cc1)NCC(C)Oc1ccccc1OC.I. The molecular formula is C23H35IN4O2. The zero-order valence-electron chi connectivity index (χ0n) is 18.6. The summed E-state index contributed by atoms with van der Waals surface area (Å²) in [6.07, 6.45) is -0.0412. The van der Waals surface area contributed by atoms with Crippen molar-refractivity contribution in [3.8, 4) is 11.5 Å². The quantitative estimate of drug-likeness (QED) is 0.280. The van der Waals surface area contributed by atoms with Gasteiger partial charge in [-0.15, -0.1) is 24.0 Å². The number of halogens is 1. The van der Waals surface area contributed by atoms with E-state index in [9.17, 15) is 0 Å². The lowest BCUT2D eigenvalue weighted by molar-refractivity contribution is 0.213. The van der Waals surface area contributed by atoms with Crippen LogP contribution in [0.3, 0.4) is 0 Å². The Morgan fingerprint density at radius 3 is 2.23 bits per heavy atom. The number of nitrogens with zero attached hydrogens (tertiary/aromatic N) is 2. The number of benzene rings is 2. The summed E-state index contributed by atoms with van der Waals surface area (Å²) < 4.78 is 11.3. The number of hydrogen-bond acceptors (Lipinski definition) is 4. The maximum absolute atomic E-state index is 6.00. The van der Waals surface area contributed by atoms with E-state index in [4.69, 9.17) is 14.5 Å². The molecule has 0 aliphatic rings. The van der Waals surface area contributed by atoms with Gasteiger partial charge in [-0.1, -0.05) is 36.4 Å². The third-order valence-electron chi connectivity index (χ3n) is 4.24. The summed E-state index contributed by atoms with van der Waals surface area (Å²) in [5, 5.41) is 6.64. The maximum atomic E-state index is 6.00. The van der Waals surface area contributed by atoms with E-state index in [1.54, 1.807) is 7.11 Å². The molecule has 0 aliphatic carbocycles. The summed E-state index contributed by atoms with van der Waals surface area (Å²) >= 11 is 0. The summed E-state index contributed by atoms with van der Waals surface area (Å²) in [7, 11) is 5.80. The molecule has 166 valence electrons. The van der Waals surface area contributed by atoms with Crippen molar-refractivity contribution in [3.63, 3.8) is 0 Å². The number of aliphatic imine (C=N–C) groups is 1. The van der Waals surface area contributed by atoms with Gasteiger partial charge in [-0.2, -0.15) is 0 Å². The highest BCUT2D eigenvalue weighted by Crippen LogP contribution is 2.26. The molecule has 0 aliphatic heterocycles. The number of para-hydroxylation sites is 2. The fourth-order valence-electron chi connectivity index (χ4n) is 2.84. The third kappa shape index (κ3) is 9.21. The van der Waals surface area contributed by atoms with Crippen LogP contribution in [-0.4, -0.2) is 51.3 Å². The minimum absolute atomic E-state index is 0. The lowest BCUT2D eigenvalue weighted by atomic mass is 10.1. The van der Waals surface area contributed by atoms with E-state index >= 15 is 0 Å². The molecule has 0 fully saturated rings. The molecule has 0 saturated heterocycles. The van der Waals surface area contributed by atoms with Crippen molar-refractivity contribution in [3.05, 3.63) is 59.7 Å². The Bertz CT molecular complexity index is 766. The summed E-state index contributed by atoms with van der Waals surface area (Å²) in [6, 6.07) is 16.3. The van der Waals surface area contributed by atoms with Crippen LogP contribution in [-0.2, 0) is 13.1 Å². The van der Waals surface area contributed by atoms with Gasteiger partial charge in [0.25, 0.3) is 0 Å². The Labute approximate surface area is 198 Å². The fraction of sp³-hybridized carbons (Fsp3) is 0.435. The Morgan fingerprint density at radius 1 is 1.00 bits per heavy atom. The minimum atomic E-state index is -0.0412. The predicted octanol–water partition coefficient (Wildman–Crippen LogP) is 3.90. The third-order valence-corrected chi connectivity index (χ3v) is 4.24. The minimum Gasteiger partial charge on any atom is -0.493 e. The van der Waals surface area contributed by atoms with Gasteiger partial charge in [-0.3, -0.25) is 0 Å². The van der Waals surface area contributed by atoms with Crippen LogP contribution in [0.25, 0.3) is 0 Å². The first-order valence-electron chi connectivity index (χ1n) is 10.1. The van der Waals surface area contributed by atoms with Crippen LogP contribution < -0.4 is 20.1 Å². The summed E-state index contributed by atoms with van der Waals surface area (Å²) in [4.78, 5) is 6.85. The van der Waals surface area contributed by atoms with E-state index in [0.29, 0.717) is 13.1 Å². The van der Waals surface area contributed by atoms with Gasteiger partial charge in [0, 0.05) is 13.1 Å². The highest BCUT2D eigenvalue weighted by Gasteiger charge is 2.09. The number of ether oxygens (including phenoxy) is 2. The summed E-state index contributed by atoms with van der Waals surface area (Å²) in [6.45, 7) is 7.08. The molecule has 1 atom stereocenters. The molecule has 1 unspecified atom stereocenters. The zero-order valence-corrected chi connectivity index (χ0v) is 21.0. The first-order valence-corrected chi connectivity index (χ1v) is 10.1. The normalized spacial score (nSPS) is 12.1. The van der Waals surface area contributed by atoms with Crippen LogP contribution in [0, 0.1) is 0 Å². The Kier molecular flexibility index (Phi) is 12.2. The molecule has 0 amide bonds. The molecule has 0 aromatic heterocycles. The van der Waals surface area contributed by atoms with Crippen LogP contribution in [0.2, 0.25) is 0 Å². The highest BCUT2D eigenvalue weighted by molar-refractivity contribution is 14.0. The lowest BCUT2D eigenvalue weighted by Crippen LogP contribution is -2.41. The standard InChI is InChI=1S/C23H34N4O2.HI/c1-6-24-23(26-16-19-11-13-20(14-12-19)17-27(3)4)25-15-18(2)29-22-10-8-7-9-21(22)28-5;/h7-14,18H,6,15-17H2,1-5H3,(H2,24,25,26);1H. The highest BCUT2D eigenvalue weighted by atomic mass is 127. The second-order valence-electron chi connectivity index (χ2n) is 7.21. The van der Waals surface area contributed by atoms with E-state index in [2.05, 4.69) is 60.8 Å². The van der Waals surface area contributed by atoms with Gasteiger partial charge >= 0.3 is 0 Å². The van der Waals surface area contributed by atoms with E-state index < -0.39 is 0 Å². The molecule has 0 heterocycles. The fourth-order valence-corrected chi connectivity index (χ4v) is 2.84. The van der Waals surface area contributed by atoms with Gasteiger partial charge in [0.05, 0.1) is 20.2 Å². The monoisotopic (exact) mass is 526 g/mol. The zero-order chi connectivity index (χ0) is 21.1. The second kappa shape index (κ2) is 14.1. The molecule has 0 bridgehead atoms. The van der Waals surface area contributed by atoms with E-state index in [-0.39, 0.29) is 30.1 Å². The molecule has 2 aromatic rings. The largest absolute Gasteiger partial charge is 0.493 e. The average Bonchev–Trinajstić information content (AvgIpc) is 2.71. The van der Waals surface area contributed by atoms with Crippen LogP contribution in [0.4, 0.5) is 0 Å². The first kappa shape index (κ1) is 26.0. The molecule has 0 spiro atoms. The van der Waals surface area contributed by atoms with Crippen molar-refractivity contribution in [2.24, 2.45) is 4.99 Å². The maximum Gasteiger partial charge on any atom is 0.191 e. The van der Waals surface area contributed by atoms with Crippen LogP contribution >= 0.6 is 24.0 Å². The summed E-state index contributed by atoms with van der Waals surface area (Å²) in [5.74, 6) is 2.25. The van der Waals surface area contributed by atoms with Gasteiger partial charge in [0.15, 0.2) is 17.5 Å². The van der Waals surface area contributed by atoms with Gasteiger partial charge in [0.2, 0.25) is 0 Å². The van der Waals surface area contributed by atoms with Crippen molar-refractivity contribution in [1.82, 2.24) is 15.5 Å². The Hall–Kier alpha value is -2.00. The van der Waals surface area contributed by atoms with Crippen LogP contribution in [0.5, 0.6) is 11.5 Å². The van der Waals surface area contributed by atoms with Gasteiger partial charge in [0.1, 0.15) is 6.10 Å². The molecular weight excluding hydrogens is 491 g/mol. The molecule has 0 radical (unpaired) electrons. The smallest absolute Gasteiger partial charge is 0.191 e. The number of guanidine groups is 1. The second-order valence-corrected chi connectivity index (χ2v) is 7.21. The van der Waals surface area contributed by atoms with Crippen molar-refractivity contribution in [2.45, 2.75) is 33.0 Å². The van der Waals surface area contributed by atoms with Crippen LogP contribution in [0.1, 0.15) is 25.0 Å². The van der Waals surface area contributed by atoms with Gasteiger partial charge in [-0.25, -0.2) is 4.99 Å². The lowest BCUT2D eigenvalue weighted by Gasteiger charge is -2.19. The van der Waals surface area contributed by atoms with Crippen LogP contribution in [0.15, 0.2) is 53.5 Å². The molecule has 6 nitrogen and oxygen atoms in total. The van der Waals surface area contributed by atoms with Crippen molar-refractivity contribution < 1.29 is 9.47 Å². The topological polar surface area (TPSA) is 58.1 Å². The Balaban J connectivity index is 0.00000450.